The lowest BCUT2D eigenvalue weighted by Gasteiger charge is -2.21. The van der Waals surface area contributed by atoms with Crippen LogP contribution in [0.15, 0.2) is 45.3 Å². The molecule has 0 aliphatic rings. The molecule has 106 valence electrons. The average molecular weight is 438 g/mol. The van der Waals surface area contributed by atoms with Crippen LogP contribution < -0.4 is 5.32 Å². The fraction of sp³-hybridized carbons (Fsp3) is 0.200. The highest BCUT2D eigenvalue weighted by Gasteiger charge is 2.17. The summed E-state index contributed by atoms with van der Waals surface area (Å²) < 4.78 is 2.09. The molecular weight excluding hydrogens is 425 g/mol. The Hall–Kier alpha value is -0.0600. The topological polar surface area (TPSA) is 12.0 Å². The van der Waals surface area contributed by atoms with Gasteiger partial charge in [-0.2, -0.15) is 0 Å². The lowest BCUT2D eigenvalue weighted by atomic mass is 9.99. The lowest BCUT2D eigenvalue weighted by Crippen LogP contribution is -2.22. The van der Waals surface area contributed by atoms with Gasteiger partial charge >= 0.3 is 0 Å². The second kappa shape index (κ2) is 7.28. The summed E-state index contributed by atoms with van der Waals surface area (Å²) in [5, 5.41) is 4.61. The van der Waals surface area contributed by atoms with Crippen molar-refractivity contribution < 1.29 is 0 Å². The van der Waals surface area contributed by atoms with E-state index in [1.54, 1.807) is 0 Å². The third-order valence-corrected chi connectivity index (χ3v) is 4.91. The molecule has 0 saturated carbocycles. The Morgan fingerprint density at radius 1 is 1.05 bits per heavy atom. The highest BCUT2D eigenvalue weighted by atomic mass is 79.9. The van der Waals surface area contributed by atoms with Gasteiger partial charge in [-0.15, -0.1) is 0 Å². The average Bonchev–Trinajstić information content (AvgIpc) is 2.42. The zero-order valence-corrected chi connectivity index (χ0v) is 15.4. The summed E-state index contributed by atoms with van der Waals surface area (Å²) in [4.78, 5) is 0. The van der Waals surface area contributed by atoms with Crippen molar-refractivity contribution >= 4 is 55.1 Å². The first kappa shape index (κ1) is 16.3. The molecule has 1 atom stereocenters. The molecule has 0 fully saturated rings. The van der Waals surface area contributed by atoms with Gasteiger partial charge in [-0.25, -0.2) is 0 Å². The number of halogens is 4. The maximum Gasteiger partial charge on any atom is 0.0595 e. The van der Waals surface area contributed by atoms with E-state index in [9.17, 15) is 0 Å². The second-order valence-electron chi connectivity index (χ2n) is 4.33. The lowest BCUT2D eigenvalue weighted by molar-refractivity contribution is 0.628. The quantitative estimate of drug-likeness (QED) is 0.598. The van der Waals surface area contributed by atoms with Gasteiger partial charge in [-0.3, -0.25) is 0 Å². The van der Waals surface area contributed by atoms with E-state index in [4.69, 9.17) is 23.2 Å². The first-order valence-electron chi connectivity index (χ1n) is 6.16. The van der Waals surface area contributed by atoms with Crippen LogP contribution in [0.25, 0.3) is 0 Å². The molecule has 2 rings (SSSR count). The molecule has 1 N–H and O–H groups in total. The highest BCUT2D eigenvalue weighted by Crippen LogP contribution is 2.33. The highest BCUT2D eigenvalue weighted by molar-refractivity contribution is 9.11. The molecule has 2 aromatic carbocycles. The predicted molar refractivity (Wildman–Crippen MR) is 93.8 cm³/mol. The van der Waals surface area contributed by atoms with E-state index in [1.807, 2.05) is 30.3 Å². The maximum absolute atomic E-state index is 6.14. The van der Waals surface area contributed by atoms with Crippen LogP contribution in [-0.2, 0) is 0 Å². The SMILES string of the molecule is CCNC(c1ccc(Cl)c(Cl)c1)c1cc(Br)ccc1Br. The molecule has 0 amide bonds. The Labute approximate surface area is 145 Å². The zero-order chi connectivity index (χ0) is 14.7. The van der Waals surface area contributed by atoms with Crippen molar-refractivity contribution in [3.8, 4) is 0 Å². The third kappa shape index (κ3) is 3.77. The first-order valence-corrected chi connectivity index (χ1v) is 8.50. The monoisotopic (exact) mass is 435 g/mol. The van der Waals surface area contributed by atoms with Crippen LogP contribution in [0.2, 0.25) is 10.0 Å². The van der Waals surface area contributed by atoms with Gasteiger partial charge in [0.25, 0.3) is 0 Å². The van der Waals surface area contributed by atoms with Crippen molar-refractivity contribution in [1.82, 2.24) is 5.32 Å². The van der Waals surface area contributed by atoms with Crippen molar-refractivity contribution in [1.29, 1.82) is 0 Å². The standard InChI is InChI=1S/C15H13Br2Cl2N/c1-2-20-15(9-3-6-13(18)14(19)7-9)11-8-10(16)4-5-12(11)17/h3-8,15,20H,2H2,1H3. The van der Waals surface area contributed by atoms with Crippen LogP contribution in [0.5, 0.6) is 0 Å². The van der Waals surface area contributed by atoms with E-state index in [0.717, 1.165) is 26.6 Å². The molecule has 0 aromatic heterocycles. The largest absolute Gasteiger partial charge is 0.306 e. The minimum atomic E-state index is 0.0571. The van der Waals surface area contributed by atoms with Crippen LogP contribution >= 0.6 is 55.1 Å². The molecule has 20 heavy (non-hydrogen) atoms. The van der Waals surface area contributed by atoms with Gasteiger partial charge in [-0.05, 0) is 48.0 Å². The molecule has 1 nitrogen and oxygen atoms in total. The van der Waals surface area contributed by atoms with E-state index in [2.05, 4.69) is 50.2 Å². The molecule has 0 bridgehead atoms. The Balaban J connectivity index is 2.49. The van der Waals surface area contributed by atoms with Gasteiger partial charge in [0.05, 0.1) is 16.1 Å². The van der Waals surface area contributed by atoms with Gasteiger partial charge in [0.1, 0.15) is 0 Å². The number of hydrogen-bond donors (Lipinski definition) is 1. The minimum absolute atomic E-state index is 0.0571. The van der Waals surface area contributed by atoms with Crippen molar-refractivity contribution in [3.63, 3.8) is 0 Å². The molecule has 0 heterocycles. The number of nitrogens with one attached hydrogen (secondary N) is 1. The van der Waals surface area contributed by atoms with E-state index in [1.165, 1.54) is 0 Å². The normalized spacial score (nSPS) is 12.4. The van der Waals surface area contributed by atoms with E-state index in [0.29, 0.717) is 10.0 Å². The molecule has 0 saturated heterocycles. The van der Waals surface area contributed by atoms with Crippen molar-refractivity contribution in [3.05, 3.63) is 66.5 Å². The summed E-state index contributed by atoms with van der Waals surface area (Å²) in [5.74, 6) is 0. The first-order chi connectivity index (χ1) is 9.52. The van der Waals surface area contributed by atoms with Crippen molar-refractivity contribution in [2.24, 2.45) is 0 Å². The maximum atomic E-state index is 6.14. The smallest absolute Gasteiger partial charge is 0.0595 e. The summed E-state index contributed by atoms with van der Waals surface area (Å²) in [5.41, 5.74) is 2.24. The predicted octanol–water partition coefficient (Wildman–Crippen LogP) is 6.22. The minimum Gasteiger partial charge on any atom is -0.306 e. The van der Waals surface area contributed by atoms with Crippen LogP contribution in [0.1, 0.15) is 24.1 Å². The van der Waals surface area contributed by atoms with Crippen molar-refractivity contribution in [2.75, 3.05) is 6.54 Å². The fourth-order valence-corrected chi connectivity index (χ4v) is 3.20. The molecule has 0 aliphatic carbocycles. The summed E-state index contributed by atoms with van der Waals surface area (Å²) in [7, 11) is 0. The molecule has 2 aromatic rings. The molecule has 0 spiro atoms. The summed E-state index contributed by atoms with van der Waals surface area (Å²) in [6, 6.07) is 11.9. The molecule has 0 radical (unpaired) electrons. The summed E-state index contributed by atoms with van der Waals surface area (Å²) in [6.07, 6.45) is 0. The summed E-state index contributed by atoms with van der Waals surface area (Å²) >= 11 is 19.3. The van der Waals surface area contributed by atoms with Gasteiger partial charge < -0.3 is 5.32 Å². The van der Waals surface area contributed by atoms with E-state index in [-0.39, 0.29) is 6.04 Å². The summed E-state index contributed by atoms with van der Waals surface area (Å²) in [6.45, 7) is 2.93. The van der Waals surface area contributed by atoms with Gasteiger partial charge in [0.2, 0.25) is 0 Å². The fourth-order valence-electron chi connectivity index (χ4n) is 2.04. The Morgan fingerprint density at radius 2 is 1.80 bits per heavy atom. The van der Waals surface area contributed by atoms with Crippen LogP contribution in [0, 0.1) is 0 Å². The van der Waals surface area contributed by atoms with E-state index < -0.39 is 0 Å². The second-order valence-corrected chi connectivity index (χ2v) is 6.91. The van der Waals surface area contributed by atoms with Crippen LogP contribution in [-0.4, -0.2) is 6.54 Å². The Morgan fingerprint density at radius 3 is 2.45 bits per heavy atom. The van der Waals surface area contributed by atoms with Crippen LogP contribution in [0.4, 0.5) is 0 Å². The zero-order valence-electron chi connectivity index (χ0n) is 10.8. The van der Waals surface area contributed by atoms with Crippen LogP contribution in [0.3, 0.4) is 0 Å². The van der Waals surface area contributed by atoms with E-state index >= 15 is 0 Å². The van der Waals surface area contributed by atoms with Crippen molar-refractivity contribution in [2.45, 2.75) is 13.0 Å². The van der Waals surface area contributed by atoms with Gasteiger partial charge in [-0.1, -0.05) is 68.1 Å². The number of benzene rings is 2. The Bertz CT molecular complexity index is 617. The molecule has 5 heteroatoms. The molecule has 0 aliphatic heterocycles. The molecule has 1 unspecified atom stereocenters. The van der Waals surface area contributed by atoms with Gasteiger partial charge in [0.15, 0.2) is 0 Å². The third-order valence-electron chi connectivity index (χ3n) is 2.95. The Kier molecular flexibility index (Phi) is 5.94. The number of hydrogen-bond acceptors (Lipinski definition) is 1. The number of rotatable bonds is 4. The van der Waals surface area contributed by atoms with Gasteiger partial charge in [0, 0.05) is 8.95 Å². The molecular formula is C15H13Br2Cl2N.